The first kappa shape index (κ1) is 14.2. The van der Waals surface area contributed by atoms with Crippen molar-refractivity contribution in [2.75, 3.05) is 27.7 Å². The lowest BCUT2D eigenvalue weighted by atomic mass is 9.98. The molecule has 0 aromatic heterocycles. The maximum atomic E-state index is 3.91. The van der Waals surface area contributed by atoms with Gasteiger partial charge in [-0.05, 0) is 5.56 Å². The van der Waals surface area contributed by atoms with Gasteiger partial charge < -0.3 is 16.9 Å². The summed E-state index contributed by atoms with van der Waals surface area (Å²) in [5.74, 6) is 0.455. The highest BCUT2D eigenvalue weighted by atomic mass is 35.5. The molecular formula is C13H20ClN. The molecule has 0 aliphatic rings. The Labute approximate surface area is 99.4 Å². The van der Waals surface area contributed by atoms with Crippen molar-refractivity contribution in [3.63, 3.8) is 0 Å². The summed E-state index contributed by atoms with van der Waals surface area (Å²) in [7, 11) is 6.62. The van der Waals surface area contributed by atoms with Gasteiger partial charge in [-0.1, -0.05) is 36.4 Å². The van der Waals surface area contributed by atoms with Gasteiger partial charge in [0.25, 0.3) is 0 Å². The van der Waals surface area contributed by atoms with Gasteiger partial charge in [-0.15, -0.1) is 6.58 Å². The summed E-state index contributed by atoms with van der Waals surface area (Å²) in [6.45, 7) is 5.00. The molecule has 0 saturated carbocycles. The third kappa shape index (κ3) is 5.01. The minimum Gasteiger partial charge on any atom is -1.00 e. The van der Waals surface area contributed by atoms with Crippen molar-refractivity contribution in [3.05, 3.63) is 48.6 Å². The summed E-state index contributed by atoms with van der Waals surface area (Å²) < 4.78 is 0.964. The van der Waals surface area contributed by atoms with Crippen LogP contribution in [0, 0.1) is 0 Å². The molecule has 1 aromatic rings. The minimum atomic E-state index is 0. The zero-order valence-corrected chi connectivity index (χ0v) is 10.5. The third-order valence-corrected chi connectivity index (χ3v) is 2.26. The average molecular weight is 226 g/mol. The van der Waals surface area contributed by atoms with Crippen LogP contribution in [-0.2, 0) is 0 Å². The molecule has 0 aliphatic heterocycles. The molecule has 15 heavy (non-hydrogen) atoms. The second kappa shape index (κ2) is 5.94. The van der Waals surface area contributed by atoms with Crippen molar-refractivity contribution in [1.82, 2.24) is 0 Å². The van der Waals surface area contributed by atoms with E-state index in [0.29, 0.717) is 5.92 Å². The van der Waals surface area contributed by atoms with Gasteiger partial charge in [-0.2, -0.15) is 0 Å². The highest BCUT2D eigenvalue weighted by molar-refractivity contribution is 5.23. The van der Waals surface area contributed by atoms with Gasteiger partial charge in [0.05, 0.1) is 33.6 Å². The predicted molar refractivity (Wildman–Crippen MR) is 62.3 cm³/mol. The molecule has 0 aliphatic carbocycles. The van der Waals surface area contributed by atoms with Crippen molar-refractivity contribution in [2.45, 2.75) is 5.92 Å². The Bertz CT molecular complexity index is 287. The van der Waals surface area contributed by atoms with E-state index in [1.807, 2.05) is 6.08 Å². The van der Waals surface area contributed by atoms with E-state index in [9.17, 15) is 0 Å². The molecule has 0 saturated heterocycles. The highest BCUT2D eigenvalue weighted by Crippen LogP contribution is 2.18. The number of likely N-dealkylation sites (N-methyl/N-ethyl adjacent to an activating group) is 1. The van der Waals surface area contributed by atoms with Crippen LogP contribution < -0.4 is 12.4 Å². The molecule has 1 unspecified atom stereocenters. The van der Waals surface area contributed by atoms with E-state index < -0.39 is 0 Å². The molecule has 1 atom stereocenters. The van der Waals surface area contributed by atoms with E-state index in [-0.39, 0.29) is 12.4 Å². The molecule has 1 aromatic carbocycles. The number of quaternary nitrogens is 1. The fourth-order valence-electron chi connectivity index (χ4n) is 1.61. The zero-order chi connectivity index (χ0) is 10.6. The smallest absolute Gasteiger partial charge is 0.0885 e. The SMILES string of the molecule is C=CC(C[N+](C)(C)C)c1ccccc1.[Cl-]. The Morgan fingerprint density at radius 1 is 1.20 bits per heavy atom. The largest absolute Gasteiger partial charge is 1.00 e. The Hall–Kier alpha value is -0.790. The number of hydrogen-bond acceptors (Lipinski definition) is 0. The van der Waals surface area contributed by atoms with Crippen LogP contribution >= 0.6 is 0 Å². The first-order chi connectivity index (χ1) is 6.53. The van der Waals surface area contributed by atoms with E-state index in [0.717, 1.165) is 11.0 Å². The molecular weight excluding hydrogens is 206 g/mol. The molecule has 0 bridgehead atoms. The minimum absolute atomic E-state index is 0. The molecule has 0 spiro atoms. The first-order valence-corrected chi connectivity index (χ1v) is 5.01. The van der Waals surface area contributed by atoms with Gasteiger partial charge in [-0.3, -0.25) is 0 Å². The normalized spacial score (nSPS) is 12.7. The molecule has 0 amide bonds. The van der Waals surface area contributed by atoms with Crippen LogP contribution in [0.15, 0.2) is 43.0 Å². The fourth-order valence-corrected chi connectivity index (χ4v) is 1.61. The maximum absolute atomic E-state index is 3.91. The van der Waals surface area contributed by atoms with Crippen molar-refractivity contribution in [1.29, 1.82) is 0 Å². The molecule has 1 nitrogen and oxygen atoms in total. The number of hydrogen-bond donors (Lipinski definition) is 0. The number of rotatable bonds is 4. The molecule has 0 heterocycles. The van der Waals surface area contributed by atoms with Gasteiger partial charge in [0.15, 0.2) is 0 Å². The molecule has 84 valence electrons. The van der Waals surface area contributed by atoms with Crippen molar-refractivity contribution >= 4 is 0 Å². The van der Waals surface area contributed by atoms with E-state index in [2.05, 4.69) is 58.1 Å². The summed E-state index contributed by atoms with van der Waals surface area (Å²) in [4.78, 5) is 0. The average Bonchev–Trinajstić information content (AvgIpc) is 2.14. The van der Waals surface area contributed by atoms with Crippen LogP contribution in [0.2, 0.25) is 0 Å². The van der Waals surface area contributed by atoms with Crippen LogP contribution in [0.5, 0.6) is 0 Å². The van der Waals surface area contributed by atoms with Crippen LogP contribution in [-0.4, -0.2) is 32.2 Å². The molecule has 0 fully saturated rings. The number of halogens is 1. The monoisotopic (exact) mass is 225 g/mol. The lowest BCUT2D eigenvalue weighted by Gasteiger charge is -2.28. The van der Waals surface area contributed by atoms with Gasteiger partial charge in [0.2, 0.25) is 0 Å². The molecule has 0 N–H and O–H groups in total. The van der Waals surface area contributed by atoms with Gasteiger partial charge >= 0.3 is 0 Å². The fraction of sp³-hybridized carbons (Fsp3) is 0.385. The van der Waals surface area contributed by atoms with Gasteiger partial charge in [-0.25, -0.2) is 0 Å². The van der Waals surface area contributed by atoms with Crippen LogP contribution in [0.25, 0.3) is 0 Å². The Morgan fingerprint density at radius 3 is 2.13 bits per heavy atom. The third-order valence-electron chi connectivity index (χ3n) is 2.26. The van der Waals surface area contributed by atoms with Crippen molar-refractivity contribution < 1.29 is 16.9 Å². The zero-order valence-electron chi connectivity index (χ0n) is 9.78. The van der Waals surface area contributed by atoms with E-state index >= 15 is 0 Å². The summed E-state index contributed by atoms with van der Waals surface area (Å²) in [5, 5.41) is 0. The topological polar surface area (TPSA) is 0 Å². The van der Waals surface area contributed by atoms with Gasteiger partial charge in [0, 0.05) is 0 Å². The van der Waals surface area contributed by atoms with Crippen LogP contribution in [0.1, 0.15) is 11.5 Å². The standard InChI is InChI=1S/C13H20N.ClH/c1-5-12(11-14(2,3)4)13-9-7-6-8-10-13;/h5-10,12H,1,11H2,2-4H3;1H/q+1;/p-1. The molecule has 1 rings (SSSR count). The highest BCUT2D eigenvalue weighted by Gasteiger charge is 2.16. The Morgan fingerprint density at radius 2 is 1.73 bits per heavy atom. The second-order valence-electron chi connectivity index (χ2n) is 4.73. The number of benzene rings is 1. The molecule has 0 radical (unpaired) electrons. The predicted octanol–water partition coefficient (Wildman–Crippen LogP) is -0.334. The van der Waals surface area contributed by atoms with Crippen LogP contribution in [0.3, 0.4) is 0 Å². The summed E-state index contributed by atoms with van der Waals surface area (Å²) in [6, 6.07) is 10.6. The quantitative estimate of drug-likeness (QED) is 0.486. The number of nitrogens with zero attached hydrogens (tertiary/aromatic N) is 1. The lowest BCUT2D eigenvalue weighted by Crippen LogP contribution is -3.00. The van der Waals surface area contributed by atoms with E-state index in [4.69, 9.17) is 0 Å². The van der Waals surface area contributed by atoms with E-state index in [1.54, 1.807) is 0 Å². The first-order valence-electron chi connectivity index (χ1n) is 5.01. The summed E-state index contributed by atoms with van der Waals surface area (Å²) in [5.41, 5.74) is 1.36. The summed E-state index contributed by atoms with van der Waals surface area (Å²) in [6.07, 6.45) is 2.04. The van der Waals surface area contributed by atoms with Gasteiger partial charge in [0.1, 0.15) is 0 Å². The summed E-state index contributed by atoms with van der Waals surface area (Å²) >= 11 is 0. The Kier molecular flexibility index (Phi) is 5.63. The lowest BCUT2D eigenvalue weighted by molar-refractivity contribution is -0.871. The maximum Gasteiger partial charge on any atom is 0.0885 e. The molecule has 2 heteroatoms. The van der Waals surface area contributed by atoms with Crippen molar-refractivity contribution in [3.8, 4) is 0 Å². The van der Waals surface area contributed by atoms with Crippen molar-refractivity contribution in [2.24, 2.45) is 0 Å². The van der Waals surface area contributed by atoms with E-state index in [1.165, 1.54) is 5.56 Å². The second-order valence-corrected chi connectivity index (χ2v) is 4.73. The van der Waals surface area contributed by atoms with Crippen LogP contribution in [0.4, 0.5) is 0 Å². The Balaban J connectivity index is 0.00000196.